The Morgan fingerprint density at radius 1 is 1.24 bits per heavy atom. The van der Waals surface area contributed by atoms with Crippen LogP contribution in [0.3, 0.4) is 0 Å². The number of nitrogens with two attached hydrogens (primary N) is 1. The second-order valence-electron chi connectivity index (χ2n) is 6.11. The number of benzene rings is 1. The van der Waals surface area contributed by atoms with Gasteiger partial charge < -0.3 is 15.8 Å². The van der Waals surface area contributed by atoms with Crippen molar-refractivity contribution in [3.8, 4) is 0 Å². The summed E-state index contributed by atoms with van der Waals surface area (Å²) < 4.78 is 18.6. The van der Waals surface area contributed by atoms with E-state index in [1.165, 1.54) is 12.1 Å². The highest BCUT2D eigenvalue weighted by atomic mass is 35.5. The number of nitrogens with zero attached hydrogens (tertiary/aromatic N) is 1. The summed E-state index contributed by atoms with van der Waals surface area (Å²) in [4.78, 5) is 14.4. The molecular weight excluding hydrogens is 368 g/mol. The van der Waals surface area contributed by atoms with E-state index < -0.39 is 0 Å². The number of carbonyl (C=O) groups is 1. The third-order valence-electron chi connectivity index (χ3n) is 4.41. The molecule has 1 amide bonds. The van der Waals surface area contributed by atoms with Crippen LogP contribution in [-0.4, -0.2) is 49.7 Å². The minimum absolute atomic E-state index is 0. The van der Waals surface area contributed by atoms with Crippen LogP contribution in [0.4, 0.5) is 4.39 Å². The van der Waals surface area contributed by atoms with Crippen LogP contribution in [0.25, 0.3) is 0 Å². The lowest BCUT2D eigenvalue weighted by Gasteiger charge is -2.35. The Bertz CT molecular complexity index is 511. The van der Waals surface area contributed by atoms with Crippen LogP contribution >= 0.6 is 24.8 Å². The van der Waals surface area contributed by atoms with E-state index >= 15 is 0 Å². The Labute approximate surface area is 161 Å². The quantitative estimate of drug-likeness (QED) is 0.773. The summed E-state index contributed by atoms with van der Waals surface area (Å²) in [6.45, 7) is 7.04. The standard InChI is InChI=1S/C17H26FN3O2.2ClH/c1-12(13(2)19)17(22)20-11-16(21-7-9-23-10-8-21)14-3-5-15(18)6-4-14;;/h3-6,12-13,16H,7-11,19H2,1-2H3,(H,20,22);2*1H. The first-order valence-corrected chi connectivity index (χ1v) is 8.09. The molecule has 1 aliphatic heterocycles. The maximum atomic E-state index is 13.2. The van der Waals surface area contributed by atoms with Gasteiger partial charge in [0.25, 0.3) is 0 Å². The normalized spacial score (nSPS) is 18.2. The molecule has 3 atom stereocenters. The van der Waals surface area contributed by atoms with Crippen LogP contribution in [-0.2, 0) is 9.53 Å². The van der Waals surface area contributed by atoms with Gasteiger partial charge in [-0.05, 0) is 24.6 Å². The Morgan fingerprint density at radius 2 is 1.80 bits per heavy atom. The van der Waals surface area contributed by atoms with Gasteiger partial charge in [0.15, 0.2) is 0 Å². The van der Waals surface area contributed by atoms with Crippen molar-refractivity contribution in [3.05, 3.63) is 35.6 Å². The number of halogens is 3. The summed E-state index contributed by atoms with van der Waals surface area (Å²) in [6, 6.07) is 6.27. The van der Waals surface area contributed by atoms with Crippen LogP contribution in [0.15, 0.2) is 24.3 Å². The van der Waals surface area contributed by atoms with Gasteiger partial charge in [0.05, 0.1) is 19.3 Å². The summed E-state index contributed by atoms with van der Waals surface area (Å²) in [5, 5.41) is 2.98. The average molecular weight is 396 g/mol. The van der Waals surface area contributed by atoms with E-state index in [1.807, 2.05) is 13.8 Å². The summed E-state index contributed by atoms with van der Waals surface area (Å²) >= 11 is 0. The van der Waals surface area contributed by atoms with Crippen LogP contribution < -0.4 is 11.1 Å². The number of ether oxygens (including phenoxy) is 1. The number of hydrogen-bond acceptors (Lipinski definition) is 4. The molecular formula is C17H28Cl2FN3O2. The highest BCUT2D eigenvalue weighted by Crippen LogP contribution is 2.22. The number of carbonyl (C=O) groups excluding carboxylic acids is 1. The van der Waals surface area contributed by atoms with Crippen molar-refractivity contribution in [3.63, 3.8) is 0 Å². The molecule has 3 unspecified atom stereocenters. The topological polar surface area (TPSA) is 67.6 Å². The fourth-order valence-corrected chi connectivity index (χ4v) is 2.63. The van der Waals surface area contributed by atoms with E-state index in [4.69, 9.17) is 10.5 Å². The molecule has 8 heteroatoms. The fraction of sp³-hybridized carbons (Fsp3) is 0.588. The smallest absolute Gasteiger partial charge is 0.224 e. The summed E-state index contributed by atoms with van der Waals surface area (Å²) in [7, 11) is 0. The Kier molecular flexibility index (Phi) is 11.2. The fourth-order valence-electron chi connectivity index (χ4n) is 2.63. The Hall–Kier alpha value is -0.920. The van der Waals surface area contributed by atoms with Gasteiger partial charge in [-0.3, -0.25) is 9.69 Å². The molecule has 144 valence electrons. The van der Waals surface area contributed by atoms with Gasteiger partial charge in [-0.2, -0.15) is 0 Å². The van der Waals surface area contributed by atoms with Gasteiger partial charge >= 0.3 is 0 Å². The molecule has 5 nitrogen and oxygen atoms in total. The molecule has 1 aliphatic rings. The predicted octanol–water partition coefficient (Wildman–Crippen LogP) is 2.14. The number of morpholine rings is 1. The molecule has 0 radical (unpaired) electrons. The van der Waals surface area contributed by atoms with E-state index in [2.05, 4.69) is 10.2 Å². The molecule has 1 saturated heterocycles. The van der Waals surface area contributed by atoms with Crippen molar-refractivity contribution < 1.29 is 13.9 Å². The molecule has 0 aliphatic carbocycles. The zero-order valence-corrected chi connectivity index (χ0v) is 16.2. The summed E-state index contributed by atoms with van der Waals surface area (Å²) in [6.07, 6.45) is 0. The SMILES string of the molecule is CC(N)C(C)C(=O)NCC(c1ccc(F)cc1)N1CCOCC1.Cl.Cl. The number of hydrogen-bond donors (Lipinski definition) is 2. The van der Waals surface area contributed by atoms with E-state index in [1.54, 1.807) is 12.1 Å². The highest BCUT2D eigenvalue weighted by Gasteiger charge is 2.24. The molecule has 1 aromatic carbocycles. The van der Waals surface area contributed by atoms with Crippen molar-refractivity contribution in [2.45, 2.75) is 25.9 Å². The largest absolute Gasteiger partial charge is 0.379 e. The molecule has 25 heavy (non-hydrogen) atoms. The lowest BCUT2D eigenvalue weighted by Crippen LogP contribution is -2.46. The predicted molar refractivity (Wildman–Crippen MR) is 102 cm³/mol. The monoisotopic (exact) mass is 395 g/mol. The van der Waals surface area contributed by atoms with Crippen molar-refractivity contribution in [2.24, 2.45) is 11.7 Å². The number of rotatable bonds is 6. The van der Waals surface area contributed by atoms with E-state index in [0.29, 0.717) is 19.8 Å². The van der Waals surface area contributed by atoms with Crippen LogP contribution in [0.5, 0.6) is 0 Å². The maximum absolute atomic E-state index is 13.2. The van der Waals surface area contributed by atoms with Gasteiger partial charge in [-0.25, -0.2) is 4.39 Å². The highest BCUT2D eigenvalue weighted by molar-refractivity contribution is 5.85. The van der Waals surface area contributed by atoms with E-state index in [9.17, 15) is 9.18 Å². The van der Waals surface area contributed by atoms with E-state index in [0.717, 1.165) is 18.7 Å². The first-order chi connectivity index (χ1) is 11.0. The zero-order chi connectivity index (χ0) is 16.8. The van der Waals surface area contributed by atoms with Crippen molar-refractivity contribution >= 4 is 30.7 Å². The minimum atomic E-state index is -0.260. The molecule has 2 rings (SSSR count). The average Bonchev–Trinajstić information content (AvgIpc) is 2.56. The number of nitrogens with one attached hydrogen (secondary N) is 1. The summed E-state index contributed by atoms with van der Waals surface area (Å²) in [5.41, 5.74) is 6.77. The van der Waals surface area contributed by atoms with Crippen molar-refractivity contribution in [1.29, 1.82) is 0 Å². The molecule has 1 aromatic rings. The third kappa shape index (κ3) is 7.07. The minimum Gasteiger partial charge on any atom is -0.379 e. The zero-order valence-electron chi connectivity index (χ0n) is 14.6. The molecule has 0 spiro atoms. The Balaban J connectivity index is 0.00000288. The lowest BCUT2D eigenvalue weighted by molar-refractivity contribution is -0.125. The molecule has 0 aromatic heterocycles. The van der Waals surface area contributed by atoms with Crippen molar-refractivity contribution in [1.82, 2.24) is 10.2 Å². The summed E-state index contributed by atoms with van der Waals surface area (Å²) in [5.74, 6) is -0.557. The first-order valence-electron chi connectivity index (χ1n) is 8.09. The van der Waals surface area contributed by atoms with Crippen molar-refractivity contribution in [2.75, 3.05) is 32.8 Å². The van der Waals surface area contributed by atoms with Gasteiger partial charge in [0, 0.05) is 31.6 Å². The van der Waals surface area contributed by atoms with Gasteiger partial charge in [-0.1, -0.05) is 19.1 Å². The van der Waals surface area contributed by atoms with Crippen LogP contribution in [0, 0.1) is 11.7 Å². The molecule has 0 saturated carbocycles. The van der Waals surface area contributed by atoms with Gasteiger partial charge in [-0.15, -0.1) is 24.8 Å². The van der Waals surface area contributed by atoms with E-state index in [-0.39, 0.29) is 54.5 Å². The van der Waals surface area contributed by atoms with Gasteiger partial charge in [0.2, 0.25) is 5.91 Å². The molecule has 0 bridgehead atoms. The maximum Gasteiger partial charge on any atom is 0.224 e. The lowest BCUT2D eigenvalue weighted by atomic mass is 10.0. The van der Waals surface area contributed by atoms with Crippen LogP contribution in [0.2, 0.25) is 0 Å². The molecule has 3 N–H and O–H groups in total. The Morgan fingerprint density at radius 3 is 2.32 bits per heavy atom. The molecule has 1 heterocycles. The first kappa shape index (κ1) is 24.1. The molecule has 1 fully saturated rings. The third-order valence-corrected chi connectivity index (χ3v) is 4.41. The van der Waals surface area contributed by atoms with Gasteiger partial charge in [0.1, 0.15) is 5.82 Å². The van der Waals surface area contributed by atoms with Crippen LogP contribution in [0.1, 0.15) is 25.5 Å². The second-order valence-corrected chi connectivity index (χ2v) is 6.11. The second kappa shape index (κ2) is 11.6. The number of amides is 1.